The number of nitrogens with one attached hydrogen (secondary N) is 2. The summed E-state index contributed by atoms with van der Waals surface area (Å²) in [4.78, 5) is 18.8. The van der Waals surface area contributed by atoms with Gasteiger partial charge in [0, 0.05) is 21.6 Å². The number of aromatic nitrogens is 3. The van der Waals surface area contributed by atoms with Gasteiger partial charge in [-0.3, -0.25) is 4.79 Å². The number of hydrogen-bond acceptors (Lipinski definition) is 7. The minimum atomic E-state index is -0.538. The van der Waals surface area contributed by atoms with Gasteiger partial charge < -0.3 is 20.1 Å². The van der Waals surface area contributed by atoms with E-state index < -0.39 is 6.04 Å². The molecule has 8 nitrogen and oxygen atoms in total. The van der Waals surface area contributed by atoms with E-state index in [-0.39, 0.29) is 5.91 Å². The fourth-order valence-corrected chi connectivity index (χ4v) is 6.07. The first-order valence-electron chi connectivity index (χ1n) is 14.3. The Labute approximate surface area is 265 Å². The van der Waals surface area contributed by atoms with E-state index in [0.29, 0.717) is 40.5 Å². The number of allylic oxidation sites excluding steroid dienone is 1. The summed E-state index contributed by atoms with van der Waals surface area (Å²) >= 11 is 5.09. The molecule has 5 rings (SSSR count). The molecule has 2 N–H and O–H groups in total. The molecule has 224 valence electrons. The number of hydrogen-bond donors (Lipinski definition) is 2. The van der Waals surface area contributed by atoms with E-state index >= 15 is 0 Å². The van der Waals surface area contributed by atoms with Crippen LogP contribution in [0.4, 0.5) is 11.6 Å². The third-order valence-electron chi connectivity index (χ3n) is 7.47. The average molecular weight is 663 g/mol. The minimum absolute atomic E-state index is 0.209. The molecule has 1 aliphatic rings. The van der Waals surface area contributed by atoms with Gasteiger partial charge in [-0.15, -0.1) is 5.10 Å². The van der Waals surface area contributed by atoms with E-state index in [2.05, 4.69) is 33.5 Å². The van der Waals surface area contributed by atoms with Crippen molar-refractivity contribution in [3.8, 4) is 11.5 Å². The first kappa shape index (κ1) is 30.7. The maximum Gasteiger partial charge on any atom is 0.255 e. The Morgan fingerprint density at radius 2 is 1.88 bits per heavy atom. The van der Waals surface area contributed by atoms with Crippen LogP contribution in [0.25, 0.3) is 0 Å². The Bertz CT molecular complexity index is 1650. The SMILES string of the molecule is CCCCSc1nc2n(n1)C(c1ccc(OCc3ccc(Br)cc3)c(OC)c1)C(C(=O)Nc1cccc(C)c1C)=C(C)N2. The molecule has 0 spiro atoms. The number of nitrogens with zero attached hydrogens (tertiary/aromatic N) is 3. The van der Waals surface area contributed by atoms with Gasteiger partial charge >= 0.3 is 0 Å². The number of carbonyl (C=O) groups excluding carboxylic acids is 1. The molecular formula is C33H36BrN5O3S. The average Bonchev–Trinajstić information content (AvgIpc) is 3.40. The molecule has 1 amide bonds. The van der Waals surface area contributed by atoms with Crippen molar-refractivity contribution in [2.75, 3.05) is 23.5 Å². The molecule has 4 aromatic rings. The molecule has 1 aromatic heterocycles. The summed E-state index contributed by atoms with van der Waals surface area (Å²) in [5, 5.41) is 12.0. The van der Waals surface area contributed by atoms with Crippen LogP contribution in [0.15, 0.2) is 81.6 Å². The van der Waals surface area contributed by atoms with Gasteiger partial charge in [-0.05, 0) is 79.8 Å². The van der Waals surface area contributed by atoms with Crippen molar-refractivity contribution in [1.82, 2.24) is 14.8 Å². The molecule has 1 atom stereocenters. The fourth-order valence-electron chi connectivity index (χ4n) is 4.89. The smallest absolute Gasteiger partial charge is 0.255 e. The summed E-state index contributed by atoms with van der Waals surface area (Å²) in [6, 6.07) is 19.1. The second kappa shape index (κ2) is 13.7. The van der Waals surface area contributed by atoms with E-state index in [9.17, 15) is 4.79 Å². The topological polar surface area (TPSA) is 90.3 Å². The molecule has 43 heavy (non-hydrogen) atoms. The fraction of sp³-hybridized carbons (Fsp3) is 0.303. The normalized spacial score (nSPS) is 14.2. The number of ether oxygens (including phenoxy) is 2. The number of benzene rings is 3. The Balaban J connectivity index is 1.51. The van der Waals surface area contributed by atoms with E-state index in [1.165, 1.54) is 0 Å². The number of anilines is 2. The van der Waals surface area contributed by atoms with Gasteiger partial charge in [0.15, 0.2) is 11.5 Å². The van der Waals surface area contributed by atoms with Gasteiger partial charge in [0.2, 0.25) is 11.1 Å². The first-order valence-corrected chi connectivity index (χ1v) is 16.1. The molecule has 1 unspecified atom stereocenters. The number of thioether (sulfide) groups is 1. The third kappa shape index (κ3) is 6.91. The van der Waals surface area contributed by atoms with Crippen LogP contribution < -0.4 is 20.1 Å². The number of aryl methyl sites for hydroxylation is 1. The van der Waals surface area contributed by atoms with Gasteiger partial charge in [0.25, 0.3) is 5.91 Å². The van der Waals surface area contributed by atoms with Gasteiger partial charge in [-0.25, -0.2) is 4.68 Å². The molecule has 0 aliphatic carbocycles. The summed E-state index contributed by atoms with van der Waals surface area (Å²) < 4.78 is 14.7. The number of carbonyl (C=O) groups is 1. The van der Waals surface area contributed by atoms with Crippen LogP contribution in [-0.2, 0) is 11.4 Å². The number of methoxy groups -OCH3 is 1. The second-order valence-electron chi connectivity index (χ2n) is 10.5. The molecule has 0 fully saturated rings. The van der Waals surface area contributed by atoms with Crippen LogP contribution in [0, 0.1) is 13.8 Å². The van der Waals surface area contributed by atoms with Crippen LogP contribution in [0.3, 0.4) is 0 Å². The lowest BCUT2D eigenvalue weighted by atomic mass is 9.94. The Hall–Kier alpha value is -3.76. The standard InChI is InChI=1S/C33H36BrN5O3S/c1-6-7-17-43-33-37-32-35-22(4)29(31(40)36-26-10-8-9-20(2)21(26)3)30(39(32)38-33)24-13-16-27(28(18-24)41-5)42-19-23-11-14-25(34)15-12-23/h8-16,18,30H,6-7,17,19H2,1-5H3,(H,36,40)(H,35,37,38). The van der Waals surface area contributed by atoms with Crippen molar-refractivity contribution in [3.05, 3.63) is 98.7 Å². The molecule has 0 bridgehead atoms. The van der Waals surface area contributed by atoms with Crippen molar-refractivity contribution in [2.45, 2.75) is 58.3 Å². The van der Waals surface area contributed by atoms with E-state index in [4.69, 9.17) is 19.6 Å². The summed E-state index contributed by atoms with van der Waals surface area (Å²) in [5.74, 6) is 2.49. The molecule has 0 saturated carbocycles. The maximum atomic E-state index is 14.0. The van der Waals surface area contributed by atoms with Gasteiger partial charge in [-0.2, -0.15) is 4.98 Å². The van der Waals surface area contributed by atoms with Crippen molar-refractivity contribution in [3.63, 3.8) is 0 Å². The molecule has 0 radical (unpaired) electrons. The zero-order chi connectivity index (χ0) is 30.5. The number of fused-ring (bicyclic) bond motifs is 1. The summed E-state index contributed by atoms with van der Waals surface area (Å²) in [6.45, 7) is 8.50. The van der Waals surface area contributed by atoms with Crippen LogP contribution in [0.2, 0.25) is 0 Å². The van der Waals surface area contributed by atoms with E-state index in [0.717, 1.165) is 51.0 Å². The van der Waals surface area contributed by atoms with Crippen molar-refractivity contribution in [2.24, 2.45) is 0 Å². The second-order valence-corrected chi connectivity index (χ2v) is 12.4. The highest BCUT2D eigenvalue weighted by Crippen LogP contribution is 2.40. The first-order chi connectivity index (χ1) is 20.8. The highest BCUT2D eigenvalue weighted by Gasteiger charge is 2.35. The third-order valence-corrected chi connectivity index (χ3v) is 8.92. The predicted molar refractivity (Wildman–Crippen MR) is 176 cm³/mol. The summed E-state index contributed by atoms with van der Waals surface area (Å²) in [7, 11) is 1.62. The predicted octanol–water partition coefficient (Wildman–Crippen LogP) is 8.06. The van der Waals surface area contributed by atoms with Crippen LogP contribution in [-0.4, -0.2) is 33.5 Å². The summed E-state index contributed by atoms with van der Waals surface area (Å²) in [5.41, 5.74) is 6.05. The molecule has 0 saturated heterocycles. The van der Waals surface area contributed by atoms with Crippen molar-refractivity contribution in [1.29, 1.82) is 0 Å². The lowest BCUT2D eigenvalue weighted by molar-refractivity contribution is -0.113. The zero-order valence-electron chi connectivity index (χ0n) is 25.0. The zero-order valence-corrected chi connectivity index (χ0v) is 27.4. The Morgan fingerprint density at radius 3 is 2.63 bits per heavy atom. The van der Waals surface area contributed by atoms with E-state index in [1.54, 1.807) is 23.6 Å². The van der Waals surface area contributed by atoms with Crippen molar-refractivity contribution >= 4 is 45.2 Å². The van der Waals surface area contributed by atoms with Crippen LogP contribution in [0.5, 0.6) is 11.5 Å². The largest absolute Gasteiger partial charge is 0.493 e. The molecule has 1 aliphatic heterocycles. The highest BCUT2D eigenvalue weighted by molar-refractivity contribution is 9.10. The van der Waals surface area contributed by atoms with Gasteiger partial charge in [-0.1, -0.05) is 71.4 Å². The van der Waals surface area contributed by atoms with Gasteiger partial charge in [0.1, 0.15) is 12.6 Å². The number of halogens is 1. The maximum absolute atomic E-state index is 14.0. The molecule has 3 aromatic carbocycles. The van der Waals surface area contributed by atoms with E-state index in [1.807, 2.05) is 81.4 Å². The molecule has 2 heterocycles. The number of rotatable bonds is 11. The molecular weight excluding hydrogens is 626 g/mol. The summed E-state index contributed by atoms with van der Waals surface area (Å²) in [6.07, 6.45) is 2.17. The van der Waals surface area contributed by atoms with Crippen molar-refractivity contribution < 1.29 is 14.3 Å². The lowest BCUT2D eigenvalue weighted by Crippen LogP contribution is -2.31. The minimum Gasteiger partial charge on any atom is -0.493 e. The Morgan fingerprint density at radius 1 is 1.09 bits per heavy atom. The molecule has 10 heteroatoms. The highest BCUT2D eigenvalue weighted by atomic mass is 79.9. The number of amides is 1. The quantitative estimate of drug-likeness (QED) is 0.124. The van der Waals surface area contributed by atoms with Gasteiger partial charge in [0.05, 0.1) is 12.7 Å². The van der Waals surface area contributed by atoms with Crippen LogP contribution >= 0.6 is 27.7 Å². The number of unbranched alkanes of at least 4 members (excludes halogenated alkanes) is 1. The monoisotopic (exact) mass is 661 g/mol. The lowest BCUT2D eigenvalue weighted by Gasteiger charge is -2.29. The van der Waals surface area contributed by atoms with Crippen LogP contribution in [0.1, 0.15) is 55.0 Å². The Kier molecular flexibility index (Phi) is 9.77.